The Labute approximate surface area is 84.7 Å². The minimum atomic E-state index is -0.816. The van der Waals surface area contributed by atoms with Gasteiger partial charge in [0.25, 0.3) is 0 Å². The second-order valence-electron chi connectivity index (χ2n) is 3.60. The molecule has 2 nitrogen and oxygen atoms in total. The van der Waals surface area contributed by atoms with Crippen molar-refractivity contribution in [3.63, 3.8) is 0 Å². The highest BCUT2D eigenvalue weighted by atomic mass is 19.1. The Morgan fingerprint density at radius 3 is 2.29 bits per heavy atom. The minimum absolute atomic E-state index is 0.362. The summed E-state index contributed by atoms with van der Waals surface area (Å²) in [4.78, 5) is 2.03. The molecule has 1 unspecified atom stereocenters. The predicted molar refractivity (Wildman–Crippen MR) is 59.8 cm³/mol. The summed E-state index contributed by atoms with van der Waals surface area (Å²) in [5, 5.41) is 3.02. The molecule has 0 saturated carbocycles. The average molecular weight is 196 g/mol. The van der Waals surface area contributed by atoms with Gasteiger partial charge in [0.05, 0.1) is 0 Å². The zero-order valence-electron chi connectivity index (χ0n) is 8.92. The van der Waals surface area contributed by atoms with Crippen LogP contribution in [0.2, 0.25) is 0 Å². The van der Waals surface area contributed by atoms with Gasteiger partial charge in [0.2, 0.25) is 0 Å². The molecule has 0 aliphatic heterocycles. The highest BCUT2D eigenvalue weighted by Crippen LogP contribution is 2.15. The predicted octanol–water partition coefficient (Wildman–Crippen LogP) is 2.52. The Bertz CT molecular complexity index is 267. The molecule has 3 heteroatoms. The molecule has 0 amide bonds. The van der Waals surface area contributed by atoms with Gasteiger partial charge < -0.3 is 10.2 Å². The number of rotatable bonds is 4. The van der Waals surface area contributed by atoms with Gasteiger partial charge in [-0.15, -0.1) is 0 Å². The van der Waals surface area contributed by atoms with Crippen molar-refractivity contribution in [3.8, 4) is 0 Å². The van der Waals surface area contributed by atoms with Crippen LogP contribution >= 0.6 is 0 Å². The van der Waals surface area contributed by atoms with E-state index < -0.39 is 6.17 Å². The number of anilines is 2. The van der Waals surface area contributed by atoms with Crippen molar-refractivity contribution in [2.24, 2.45) is 0 Å². The van der Waals surface area contributed by atoms with Gasteiger partial charge in [-0.3, -0.25) is 0 Å². The fourth-order valence-corrected chi connectivity index (χ4v) is 1.14. The molecular weight excluding hydrogens is 179 g/mol. The number of halogens is 1. The first-order valence-corrected chi connectivity index (χ1v) is 4.75. The molecule has 1 atom stereocenters. The number of hydrogen-bond donors (Lipinski definition) is 1. The summed E-state index contributed by atoms with van der Waals surface area (Å²) >= 11 is 0. The Morgan fingerprint density at radius 1 is 1.29 bits per heavy atom. The lowest BCUT2D eigenvalue weighted by Crippen LogP contribution is -2.12. The van der Waals surface area contributed by atoms with E-state index >= 15 is 0 Å². The van der Waals surface area contributed by atoms with E-state index in [1.165, 1.54) is 0 Å². The third kappa shape index (κ3) is 3.24. The van der Waals surface area contributed by atoms with Gasteiger partial charge in [-0.1, -0.05) is 0 Å². The van der Waals surface area contributed by atoms with Crippen LogP contribution in [0.3, 0.4) is 0 Å². The molecule has 0 radical (unpaired) electrons. The fourth-order valence-electron chi connectivity index (χ4n) is 1.14. The van der Waals surface area contributed by atoms with E-state index in [2.05, 4.69) is 5.32 Å². The maximum Gasteiger partial charge on any atom is 0.114 e. The monoisotopic (exact) mass is 196 g/mol. The molecule has 1 N–H and O–H groups in total. The van der Waals surface area contributed by atoms with Crippen molar-refractivity contribution in [1.82, 2.24) is 0 Å². The molecule has 0 bridgehead atoms. The quantitative estimate of drug-likeness (QED) is 0.796. The first-order valence-electron chi connectivity index (χ1n) is 4.75. The second-order valence-corrected chi connectivity index (χ2v) is 3.60. The third-order valence-electron chi connectivity index (χ3n) is 1.97. The van der Waals surface area contributed by atoms with E-state index in [1.807, 2.05) is 43.3 Å². The number of benzene rings is 1. The lowest BCUT2D eigenvalue weighted by molar-refractivity contribution is 0.378. The summed E-state index contributed by atoms with van der Waals surface area (Å²) in [6.07, 6.45) is -0.816. The lowest BCUT2D eigenvalue weighted by Gasteiger charge is -2.13. The zero-order chi connectivity index (χ0) is 10.6. The fraction of sp³-hybridized carbons (Fsp3) is 0.455. The number of nitrogens with one attached hydrogen (secondary N) is 1. The summed E-state index contributed by atoms with van der Waals surface area (Å²) in [7, 11) is 3.98. The van der Waals surface area contributed by atoms with E-state index in [-0.39, 0.29) is 0 Å². The topological polar surface area (TPSA) is 15.3 Å². The largest absolute Gasteiger partial charge is 0.382 e. The van der Waals surface area contributed by atoms with E-state index in [0.717, 1.165) is 11.4 Å². The molecule has 1 rings (SSSR count). The van der Waals surface area contributed by atoms with Gasteiger partial charge in [0.15, 0.2) is 0 Å². The van der Waals surface area contributed by atoms with Crippen LogP contribution in [0, 0.1) is 0 Å². The number of hydrogen-bond acceptors (Lipinski definition) is 2. The number of alkyl halides is 1. The molecular formula is C11H17FN2. The Kier molecular flexibility index (Phi) is 3.74. The van der Waals surface area contributed by atoms with Crippen molar-refractivity contribution in [2.75, 3.05) is 30.9 Å². The molecule has 78 valence electrons. The summed E-state index contributed by atoms with van der Waals surface area (Å²) in [6, 6.07) is 7.92. The van der Waals surface area contributed by atoms with Gasteiger partial charge >= 0.3 is 0 Å². The highest BCUT2D eigenvalue weighted by Gasteiger charge is 1.98. The van der Waals surface area contributed by atoms with Crippen LogP contribution in [0.1, 0.15) is 6.92 Å². The van der Waals surface area contributed by atoms with Gasteiger partial charge in [-0.2, -0.15) is 0 Å². The maximum atomic E-state index is 12.5. The van der Waals surface area contributed by atoms with Crippen molar-refractivity contribution >= 4 is 11.4 Å². The molecule has 0 saturated heterocycles. The molecule has 0 spiro atoms. The SMILES string of the molecule is CC(F)CNc1ccc(N(C)C)cc1. The molecule has 14 heavy (non-hydrogen) atoms. The molecule has 0 heterocycles. The van der Waals surface area contributed by atoms with Gasteiger partial charge in [0.1, 0.15) is 6.17 Å². The standard InChI is InChI=1S/C11H17FN2/c1-9(12)8-13-10-4-6-11(7-5-10)14(2)3/h4-7,9,13H,8H2,1-3H3. The molecule has 1 aromatic carbocycles. The average Bonchev–Trinajstić information content (AvgIpc) is 2.15. The lowest BCUT2D eigenvalue weighted by atomic mass is 10.2. The van der Waals surface area contributed by atoms with Crippen LogP contribution < -0.4 is 10.2 Å². The smallest absolute Gasteiger partial charge is 0.114 e. The van der Waals surface area contributed by atoms with E-state index in [1.54, 1.807) is 6.92 Å². The van der Waals surface area contributed by atoms with Gasteiger partial charge in [-0.05, 0) is 31.2 Å². The van der Waals surface area contributed by atoms with Crippen molar-refractivity contribution in [2.45, 2.75) is 13.1 Å². The highest BCUT2D eigenvalue weighted by molar-refractivity contribution is 5.54. The van der Waals surface area contributed by atoms with E-state index in [9.17, 15) is 4.39 Å². The first-order chi connectivity index (χ1) is 6.59. The van der Waals surface area contributed by atoms with E-state index in [4.69, 9.17) is 0 Å². The first kappa shape index (κ1) is 10.8. The summed E-state index contributed by atoms with van der Waals surface area (Å²) in [5.41, 5.74) is 2.10. The van der Waals surface area contributed by atoms with Crippen LogP contribution in [0.15, 0.2) is 24.3 Å². The van der Waals surface area contributed by atoms with Gasteiger partial charge in [0, 0.05) is 32.0 Å². The molecule has 0 fully saturated rings. The Balaban J connectivity index is 2.55. The minimum Gasteiger partial charge on any atom is -0.382 e. The molecule has 0 aromatic heterocycles. The van der Waals surface area contributed by atoms with Gasteiger partial charge in [-0.25, -0.2) is 4.39 Å². The summed E-state index contributed by atoms with van der Waals surface area (Å²) in [5.74, 6) is 0. The van der Waals surface area contributed by atoms with E-state index in [0.29, 0.717) is 6.54 Å². The van der Waals surface area contributed by atoms with Crippen LogP contribution in [0.25, 0.3) is 0 Å². The normalized spacial score (nSPS) is 12.3. The van der Waals surface area contributed by atoms with Crippen LogP contribution in [-0.2, 0) is 0 Å². The van der Waals surface area contributed by atoms with Crippen LogP contribution in [-0.4, -0.2) is 26.8 Å². The maximum absolute atomic E-state index is 12.5. The second kappa shape index (κ2) is 4.84. The third-order valence-corrected chi connectivity index (χ3v) is 1.97. The van der Waals surface area contributed by atoms with Crippen molar-refractivity contribution in [1.29, 1.82) is 0 Å². The molecule has 0 aliphatic carbocycles. The van der Waals surface area contributed by atoms with Crippen molar-refractivity contribution in [3.05, 3.63) is 24.3 Å². The summed E-state index contributed by atoms with van der Waals surface area (Å²) < 4.78 is 12.5. The zero-order valence-corrected chi connectivity index (χ0v) is 8.92. The summed E-state index contributed by atoms with van der Waals surface area (Å²) in [6.45, 7) is 1.91. The number of nitrogens with zero attached hydrogens (tertiary/aromatic N) is 1. The Hall–Kier alpha value is -1.25. The molecule has 1 aromatic rings. The van der Waals surface area contributed by atoms with Crippen molar-refractivity contribution < 1.29 is 4.39 Å². The van der Waals surface area contributed by atoms with Crippen LogP contribution in [0.4, 0.5) is 15.8 Å². The van der Waals surface area contributed by atoms with Crippen LogP contribution in [0.5, 0.6) is 0 Å². The Morgan fingerprint density at radius 2 is 1.86 bits per heavy atom. The molecule has 0 aliphatic rings.